The SMILES string of the molecule is CC(C)CNCC1(CN2CCCC2C)CCOCC1. The summed E-state index contributed by atoms with van der Waals surface area (Å²) in [5, 5.41) is 3.70. The zero-order chi connectivity index (χ0) is 13.7. The molecule has 2 aliphatic heterocycles. The monoisotopic (exact) mass is 268 g/mol. The van der Waals surface area contributed by atoms with E-state index in [4.69, 9.17) is 4.74 Å². The Kier molecular flexibility index (Phi) is 5.67. The van der Waals surface area contributed by atoms with Gasteiger partial charge >= 0.3 is 0 Å². The molecule has 1 unspecified atom stereocenters. The summed E-state index contributed by atoms with van der Waals surface area (Å²) in [7, 11) is 0. The van der Waals surface area contributed by atoms with E-state index in [0.29, 0.717) is 5.41 Å². The lowest BCUT2D eigenvalue weighted by Crippen LogP contribution is -2.48. The summed E-state index contributed by atoms with van der Waals surface area (Å²) in [6.45, 7) is 13.7. The quantitative estimate of drug-likeness (QED) is 0.801. The van der Waals surface area contributed by atoms with Gasteiger partial charge in [0, 0.05) is 32.3 Å². The molecule has 2 saturated heterocycles. The number of rotatable bonds is 6. The van der Waals surface area contributed by atoms with E-state index in [0.717, 1.165) is 38.3 Å². The van der Waals surface area contributed by atoms with Crippen LogP contribution in [0.3, 0.4) is 0 Å². The first-order valence-electron chi connectivity index (χ1n) is 8.14. The van der Waals surface area contributed by atoms with E-state index in [9.17, 15) is 0 Å². The van der Waals surface area contributed by atoms with Gasteiger partial charge in [-0.25, -0.2) is 0 Å². The van der Waals surface area contributed by atoms with E-state index in [-0.39, 0.29) is 0 Å². The number of hydrogen-bond acceptors (Lipinski definition) is 3. The minimum Gasteiger partial charge on any atom is -0.381 e. The van der Waals surface area contributed by atoms with Crippen LogP contribution in [0.5, 0.6) is 0 Å². The number of nitrogens with zero attached hydrogens (tertiary/aromatic N) is 1. The fourth-order valence-electron chi connectivity index (χ4n) is 3.48. The van der Waals surface area contributed by atoms with Crippen molar-refractivity contribution < 1.29 is 4.74 Å². The molecule has 3 heteroatoms. The second-order valence-electron chi connectivity index (χ2n) is 7.10. The Bertz CT molecular complexity index is 261. The second-order valence-corrected chi connectivity index (χ2v) is 7.10. The van der Waals surface area contributed by atoms with E-state index < -0.39 is 0 Å². The average Bonchev–Trinajstić information content (AvgIpc) is 2.75. The van der Waals surface area contributed by atoms with Gasteiger partial charge in [-0.15, -0.1) is 0 Å². The second kappa shape index (κ2) is 7.05. The molecule has 3 nitrogen and oxygen atoms in total. The minimum atomic E-state index is 0.450. The van der Waals surface area contributed by atoms with Crippen molar-refractivity contribution >= 4 is 0 Å². The van der Waals surface area contributed by atoms with Gasteiger partial charge in [0.05, 0.1) is 0 Å². The molecule has 0 aromatic rings. The van der Waals surface area contributed by atoms with Gasteiger partial charge in [0.1, 0.15) is 0 Å². The normalized spacial score (nSPS) is 28.1. The number of ether oxygens (including phenoxy) is 1. The maximum absolute atomic E-state index is 5.60. The van der Waals surface area contributed by atoms with Crippen molar-refractivity contribution in [2.45, 2.75) is 52.5 Å². The predicted molar refractivity (Wildman–Crippen MR) is 80.5 cm³/mol. The Morgan fingerprint density at radius 2 is 2.05 bits per heavy atom. The first-order valence-corrected chi connectivity index (χ1v) is 8.14. The van der Waals surface area contributed by atoms with Crippen molar-refractivity contribution in [1.29, 1.82) is 0 Å². The van der Waals surface area contributed by atoms with Gasteiger partial charge in [-0.2, -0.15) is 0 Å². The number of likely N-dealkylation sites (tertiary alicyclic amines) is 1. The lowest BCUT2D eigenvalue weighted by molar-refractivity contribution is -0.00569. The van der Waals surface area contributed by atoms with Gasteiger partial charge in [-0.05, 0) is 57.0 Å². The Labute approximate surface area is 119 Å². The topological polar surface area (TPSA) is 24.5 Å². The molecule has 2 rings (SSSR count). The van der Waals surface area contributed by atoms with Crippen LogP contribution in [0.1, 0.15) is 46.5 Å². The van der Waals surface area contributed by atoms with Gasteiger partial charge in [-0.3, -0.25) is 0 Å². The van der Waals surface area contributed by atoms with E-state index in [2.05, 4.69) is 31.0 Å². The Morgan fingerprint density at radius 1 is 1.32 bits per heavy atom. The summed E-state index contributed by atoms with van der Waals surface area (Å²) in [6.07, 6.45) is 5.21. The minimum absolute atomic E-state index is 0.450. The molecule has 0 aromatic heterocycles. The molecule has 0 spiro atoms. The highest BCUT2D eigenvalue weighted by Gasteiger charge is 2.36. The number of hydrogen-bond donors (Lipinski definition) is 1. The van der Waals surface area contributed by atoms with Crippen LogP contribution in [0.2, 0.25) is 0 Å². The molecule has 0 bridgehead atoms. The van der Waals surface area contributed by atoms with E-state index in [1.165, 1.54) is 38.8 Å². The highest BCUT2D eigenvalue weighted by molar-refractivity contribution is 4.90. The summed E-state index contributed by atoms with van der Waals surface area (Å²) < 4.78 is 5.60. The third kappa shape index (κ3) is 4.44. The van der Waals surface area contributed by atoms with Gasteiger partial charge in [0.25, 0.3) is 0 Å². The van der Waals surface area contributed by atoms with Crippen molar-refractivity contribution in [1.82, 2.24) is 10.2 Å². The molecular weight excluding hydrogens is 236 g/mol. The average molecular weight is 268 g/mol. The Hall–Kier alpha value is -0.120. The van der Waals surface area contributed by atoms with Crippen LogP contribution in [-0.4, -0.2) is 50.3 Å². The van der Waals surface area contributed by atoms with E-state index >= 15 is 0 Å². The summed E-state index contributed by atoms with van der Waals surface area (Å²) in [5.41, 5.74) is 0.450. The zero-order valence-corrected chi connectivity index (χ0v) is 13.1. The lowest BCUT2D eigenvalue weighted by Gasteiger charge is -2.41. The van der Waals surface area contributed by atoms with E-state index in [1.807, 2.05) is 0 Å². The Balaban J connectivity index is 1.89. The summed E-state index contributed by atoms with van der Waals surface area (Å²) in [5.74, 6) is 0.739. The third-order valence-corrected chi connectivity index (χ3v) is 4.84. The van der Waals surface area contributed by atoms with Crippen LogP contribution in [0.15, 0.2) is 0 Å². The molecule has 1 atom stereocenters. The van der Waals surface area contributed by atoms with Crippen molar-refractivity contribution in [3.8, 4) is 0 Å². The fraction of sp³-hybridized carbons (Fsp3) is 1.00. The largest absolute Gasteiger partial charge is 0.381 e. The van der Waals surface area contributed by atoms with Crippen molar-refractivity contribution in [2.75, 3.05) is 39.4 Å². The molecule has 2 aliphatic rings. The van der Waals surface area contributed by atoms with Gasteiger partial charge in [0.15, 0.2) is 0 Å². The highest BCUT2D eigenvalue weighted by Crippen LogP contribution is 2.33. The van der Waals surface area contributed by atoms with Crippen molar-refractivity contribution in [3.05, 3.63) is 0 Å². The van der Waals surface area contributed by atoms with Crippen LogP contribution in [0, 0.1) is 11.3 Å². The van der Waals surface area contributed by atoms with Gasteiger partial charge in [0.2, 0.25) is 0 Å². The predicted octanol–water partition coefficient (Wildman–Crippen LogP) is 2.51. The lowest BCUT2D eigenvalue weighted by atomic mass is 9.79. The first-order chi connectivity index (χ1) is 9.11. The molecule has 0 saturated carbocycles. The molecule has 19 heavy (non-hydrogen) atoms. The van der Waals surface area contributed by atoms with Crippen LogP contribution in [0.25, 0.3) is 0 Å². The smallest absolute Gasteiger partial charge is 0.0472 e. The summed E-state index contributed by atoms with van der Waals surface area (Å²) >= 11 is 0. The maximum Gasteiger partial charge on any atom is 0.0472 e. The molecule has 2 fully saturated rings. The highest BCUT2D eigenvalue weighted by atomic mass is 16.5. The van der Waals surface area contributed by atoms with Crippen molar-refractivity contribution in [3.63, 3.8) is 0 Å². The molecule has 0 amide bonds. The first kappa shape index (κ1) is 15.3. The maximum atomic E-state index is 5.60. The van der Waals surface area contributed by atoms with Gasteiger partial charge in [-0.1, -0.05) is 13.8 Å². The van der Waals surface area contributed by atoms with Crippen LogP contribution < -0.4 is 5.32 Å². The van der Waals surface area contributed by atoms with E-state index in [1.54, 1.807) is 0 Å². The Morgan fingerprint density at radius 3 is 2.63 bits per heavy atom. The van der Waals surface area contributed by atoms with Crippen LogP contribution in [0.4, 0.5) is 0 Å². The van der Waals surface area contributed by atoms with Crippen LogP contribution in [-0.2, 0) is 4.74 Å². The fourth-order valence-corrected chi connectivity index (χ4v) is 3.48. The summed E-state index contributed by atoms with van der Waals surface area (Å²) in [4.78, 5) is 2.71. The molecular formula is C16H32N2O. The standard InChI is InChI=1S/C16H32N2O/c1-14(2)11-17-12-16(6-9-19-10-7-16)13-18-8-4-5-15(18)3/h14-15,17H,4-13H2,1-3H3. The molecule has 0 radical (unpaired) electrons. The molecule has 1 N–H and O–H groups in total. The molecule has 2 heterocycles. The summed E-state index contributed by atoms with van der Waals surface area (Å²) in [6, 6.07) is 0.782. The zero-order valence-electron chi connectivity index (χ0n) is 13.1. The molecule has 0 aliphatic carbocycles. The van der Waals surface area contributed by atoms with Crippen LogP contribution >= 0.6 is 0 Å². The van der Waals surface area contributed by atoms with Crippen molar-refractivity contribution in [2.24, 2.45) is 11.3 Å². The number of nitrogens with one attached hydrogen (secondary N) is 1. The third-order valence-electron chi connectivity index (χ3n) is 4.84. The van der Waals surface area contributed by atoms with Gasteiger partial charge < -0.3 is 15.0 Å². The molecule has 112 valence electrons. The molecule has 0 aromatic carbocycles.